The second-order valence-electron chi connectivity index (χ2n) is 6.89. The molecule has 0 heterocycles. The lowest BCUT2D eigenvalue weighted by molar-refractivity contribution is 0.280. The molecule has 0 N–H and O–H groups in total. The summed E-state index contributed by atoms with van der Waals surface area (Å²) >= 11 is 0. The van der Waals surface area contributed by atoms with E-state index in [0.717, 1.165) is 29.6 Å². The van der Waals surface area contributed by atoms with Gasteiger partial charge in [0.05, 0.1) is 0 Å². The van der Waals surface area contributed by atoms with E-state index in [4.69, 9.17) is 0 Å². The normalized spacial score (nSPS) is 51.9. The Labute approximate surface area is 94.1 Å². The SMILES string of the molecule is C=C1CC[C@@H]2[C@@H]([C@H]3[C@@H]1CC[C@@H]3C)C2(C)C. The summed E-state index contributed by atoms with van der Waals surface area (Å²) < 4.78 is 0. The van der Waals surface area contributed by atoms with Crippen LogP contribution in [0, 0.1) is 35.0 Å². The van der Waals surface area contributed by atoms with Crippen LogP contribution in [-0.4, -0.2) is 0 Å². The Balaban J connectivity index is 1.93. The standard InChI is InChI=1S/C15H24/c1-9-6-8-12-14(15(12,3)4)13-10(2)5-7-11(9)13/h10-14H,1,5-8H2,2-4H3/t10-,11+,12+,13+,14-/m0/s1. The third kappa shape index (κ3) is 1.20. The molecule has 3 rings (SSSR count). The number of rotatable bonds is 0. The maximum Gasteiger partial charge on any atom is -0.0172 e. The van der Waals surface area contributed by atoms with E-state index >= 15 is 0 Å². The first kappa shape index (κ1) is 9.93. The average Bonchev–Trinajstić information content (AvgIpc) is 2.55. The zero-order valence-corrected chi connectivity index (χ0v) is 10.4. The molecule has 0 aromatic heterocycles. The fraction of sp³-hybridized carbons (Fsp3) is 0.867. The lowest BCUT2D eigenvalue weighted by atomic mass is 9.80. The van der Waals surface area contributed by atoms with E-state index in [1.54, 1.807) is 5.57 Å². The zero-order valence-electron chi connectivity index (χ0n) is 10.4. The molecule has 0 amide bonds. The summed E-state index contributed by atoms with van der Waals surface area (Å²) in [5, 5.41) is 0. The molecule has 3 aliphatic rings. The average molecular weight is 204 g/mol. The molecular formula is C15H24. The van der Waals surface area contributed by atoms with Gasteiger partial charge in [-0.15, -0.1) is 0 Å². The summed E-state index contributed by atoms with van der Waals surface area (Å²) in [6.07, 6.45) is 5.63. The summed E-state index contributed by atoms with van der Waals surface area (Å²) in [6.45, 7) is 11.8. The van der Waals surface area contributed by atoms with Gasteiger partial charge in [-0.3, -0.25) is 0 Å². The Morgan fingerprint density at radius 1 is 1.20 bits per heavy atom. The molecule has 0 spiro atoms. The largest absolute Gasteiger partial charge is 0.0996 e. The van der Waals surface area contributed by atoms with Crippen molar-refractivity contribution in [2.45, 2.75) is 46.5 Å². The Bertz CT molecular complexity index is 299. The molecule has 0 heteroatoms. The molecular weight excluding hydrogens is 180 g/mol. The Morgan fingerprint density at radius 2 is 1.93 bits per heavy atom. The van der Waals surface area contributed by atoms with Crippen LogP contribution in [0.15, 0.2) is 12.2 Å². The third-order valence-corrected chi connectivity index (χ3v) is 5.91. The molecule has 0 aliphatic heterocycles. The first-order valence-electron chi connectivity index (χ1n) is 6.71. The minimum atomic E-state index is 0.655. The van der Waals surface area contributed by atoms with Crippen molar-refractivity contribution in [2.24, 2.45) is 35.0 Å². The molecule has 84 valence electrons. The monoisotopic (exact) mass is 204 g/mol. The van der Waals surface area contributed by atoms with Gasteiger partial charge < -0.3 is 0 Å². The van der Waals surface area contributed by atoms with E-state index in [0.29, 0.717) is 5.41 Å². The van der Waals surface area contributed by atoms with Crippen LogP contribution >= 0.6 is 0 Å². The summed E-state index contributed by atoms with van der Waals surface area (Å²) in [4.78, 5) is 0. The van der Waals surface area contributed by atoms with Crippen molar-refractivity contribution in [1.82, 2.24) is 0 Å². The third-order valence-electron chi connectivity index (χ3n) is 5.91. The van der Waals surface area contributed by atoms with Crippen molar-refractivity contribution in [3.8, 4) is 0 Å². The maximum atomic E-state index is 4.35. The highest BCUT2D eigenvalue weighted by Crippen LogP contribution is 2.70. The molecule has 3 fully saturated rings. The molecule has 0 nitrogen and oxygen atoms in total. The minimum Gasteiger partial charge on any atom is -0.0996 e. The van der Waals surface area contributed by atoms with Crippen LogP contribution in [0.4, 0.5) is 0 Å². The van der Waals surface area contributed by atoms with E-state index in [2.05, 4.69) is 27.4 Å². The molecule has 0 saturated heterocycles. The lowest BCUT2D eigenvalue weighted by Crippen LogP contribution is -2.18. The lowest BCUT2D eigenvalue weighted by Gasteiger charge is -2.25. The van der Waals surface area contributed by atoms with E-state index in [1.165, 1.54) is 25.7 Å². The van der Waals surface area contributed by atoms with Gasteiger partial charge in [0.15, 0.2) is 0 Å². The molecule has 0 aromatic rings. The zero-order chi connectivity index (χ0) is 10.8. The van der Waals surface area contributed by atoms with Gasteiger partial charge in [0, 0.05) is 0 Å². The predicted molar refractivity (Wildman–Crippen MR) is 64.5 cm³/mol. The topological polar surface area (TPSA) is 0 Å². The number of hydrogen-bond acceptors (Lipinski definition) is 0. The van der Waals surface area contributed by atoms with Crippen LogP contribution in [-0.2, 0) is 0 Å². The van der Waals surface area contributed by atoms with Crippen molar-refractivity contribution in [2.75, 3.05) is 0 Å². The van der Waals surface area contributed by atoms with Crippen LogP contribution in [0.5, 0.6) is 0 Å². The van der Waals surface area contributed by atoms with Crippen LogP contribution < -0.4 is 0 Å². The van der Waals surface area contributed by atoms with E-state index in [9.17, 15) is 0 Å². The van der Waals surface area contributed by atoms with Gasteiger partial charge >= 0.3 is 0 Å². The minimum absolute atomic E-state index is 0.655. The quantitative estimate of drug-likeness (QED) is 0.517. The molecule has 0 radical (unpaired) electrons. The molecule has 0 unspecified atom stereocenters. The van der Waals surface area contributed by atoms with Crippen molar-refractivity contribution >= 4 is 0 Å². The molecule has 3 aliphatic carbocycles. The fourth-order valence-electron chi connectivity index (χ4n) is 4.93. The van der Waals surface area contributed by atoms with E-state index in [1.807, 2.05) is 0 Å². The summed E-state index contributed by atoms with van der Waals surface area (Å²) in [5.41, 5.74) is 2.25. The van der Waals surface area contributed by atoms with Gasteiger partial charge in [-0.1, -0.05) is 32.9 Å². The van der Waals surface area contributed by atoms with Crippen molar-refractivity contribution in [3.05, 3.63) is 12.2 Å². The van der Waals surface area contributed by atoms with Crippen LogP contribution in [0.2, 0.25) is 0 Å². The smallest absolute Gasteiger partial charge is 0.0172 e. The number of fused-ring (bicyclic) bond motifs is 3. The van der Waals surface area contributed by atoms with Gasteiger partial charge in [-0.2, -0.15) is 0 Å². The van der Waals surface area contributed by atoms with Crippen molar-refractivity contribution in [3.63, 3.8) is 0 Å². The predicted octanol–water partition coefficient (Wildman–Crippen LogP) is 4.27. The van der Waals surface area contributed by atoms with E-state index in [-0.39, 0.29) is 0 Å². The summed E-state index contributed by atoms with van der Waals surface area (Å²) in [7, 11) is 0. The van der Waals surface area contributed by atoms with Crippen LogP contribution in [0.1, 0.15) is 46.5 Å². The second kappa shape index (κ2) is 2.90. The first-order valence-corrected chi connectivity index (χ1v) is 6.71. The second-order valence-corrected chi connectivity index (χ2v) is 6.89. The number of allylic oxidation sites excluding steroid dienone is 1. The molecule has 0 bridgehead atoms. The van der Waals surface area contributed by atoms with Crippen LogP contribution in [0.3, 0.4) is 0 Å². The van der Waals surface area contributed by atoms with Gasteiger partial charge in [-0.25, -0.2) is 0 Å². The molecule has 3 saturated carbocycles. The Kier molecular flexibility index (Phi) is 1.92. The fourth-order valence-corrected chi connectivity index (χ4v) is 4.93. The highest BCUT2D eigenvalue weighted by Gasteiger charge is 2.64. The van der Waals surface area contributed by atoms with Crippen molar-refractivity contribution in [1.29, 1.82) is 0 Å². The van der Waals surface area contributed by atoms with Crippen molar-refractivity contribution < 1.29 is 0 Å². The van der Waals surface area contributed by atoms with Crippen LogP contribution in [0.25, 0.3) is 0 Å². The Morgan fingerprint density at radius 3 is 2.67 bits per heavy atom. The van der Waals surface area contributed by atoms with Gasteiger partial charge in [-0.05, 0) is 60.7 Å². The molecule has 5 atom stereocenters. The molecule has 15 heavy (non-hydrogen) atoms. The van der Waals surface area contributed by atoms with Gasteiger partial charge in [0.25, 0.3) is 0 Å². The van der Waals surface area contributed by atoms with Gasteiger partial charge in [0.1, 0.15) is 0 Å². The van der Waals surface area contributed by atoms with E-state index < -0.39 is 0 Å². The maximum absolute atomic E-state index is 4.35. The highest BCUT2D eigenvalue weighted by atomic mass is 14.7. The van der Waals surface area contributed by atoms with Gasteiger partial charge in [0.2, 0.25) is 0 Å². The first-order chi connectivity index (χ1) is 7.03. The molecule has 0 aromatic carbocycles. The highest BCUT2D eigenvalue weighted by molar-refractivity contribution is 5.20. The number of hydrogen-bond donors (Lipinski definition) is 0. The Hall–Kier alpha value is -0.260. The summed E-state index contributed by atoms with van der Waals surface area (Å²) in [5.74, 6) is 4.87. The summed E-state index contributed by atoms with van der Waals surface area (Å²) in [6, 6.07) is 0.